The summed E-state index contributed by atoms with van der Waals surface area (Å²) in [7, 11) is 0. The van der Waals surface area contributed by atoms with E-state index in [4.69, 9.17) is 16.3 Å². The van der Waals surface area contributed by atoms with Crippen molar-refractivity contribution < 1.29 is 23.5 Å². The van der Waals surface area contributed by atoms with Crippen LogP contribution < -0.4 is 20.9 Å². The number of aromatic nitrogens is 1. The van der Waals surface area contributed by atoms with E-state index in [1.54, 1.807) is 6.07 Å². The molecule has 1 aromatic carbocycles. The third-order valence-corrected chi connectivity index (χ3v) is 3.14. The summed E-state index contributed by atoms with van der Waals surface area (Å²) in [6.45, 7) is -0.901. The summed E-state index contributed by atoms with van der Waals surface area (Å²) in [6.07, 6.45) is 1.35. The number of carbonyl (C=O) groups excluding carboxylic acids is 3. The Morgan fingerprint density at radius 2 is 1.85 bits per heavy atom. The number of para-hydroxylation sites is 1. The van der Waals surface area contributed by atoms with E-state index in [-0.39, 0.29) is 11.4 Å². The predicted molar refractivity (Wildman–Crippen MR) is 89.8 cm³/mol. The molecule has 0 saturated carbocycles. The fourth-order valence-corrected chi connectivity index (χ4v) is 1.86. The van der Waals surface area contributed by atoms with Gasteiger partial charge in [-0.1, -0.05) is 23.7 Å². The van der Waals surface area contributed by atoms with Crippen molar-refractivity contribution in [2.45, 2.75) is 0 Å². The summed E-state index contributed by atoms with van der Waals surface area (Å²) in [6, 6.07) is 8.43. The van der Waals surface area contributed by atoms with E-state index < -0.39 is 36.7 Å². The van der Waals surface area contributed by atoms with Gasteiger partial charge >= 0.3 is 0 Å². The van der Waals surface area contributed by atoms with E-state index in [1.807, 2.05) is 0 Å². The molecule has 2 aromatic rings. The Morgan fingerprint density at radius 1 is 1.12 bits per heavy atom. The van der Waals surface area contributed by atoms with Crippen LogP contribution in [0.3, 0.4) is 0 Å². The molecule has 0 radical (unpaired) electrons. The van der Waals surface area contributed by atoms with Gasteiger partial charge < -0.3 is 10.1 Å². The monoisotopic (exact) mass is 380 g/mol. The number of benzene rings is 1. The Hall–Kier alpha value is -3.20. The maximum Gasteiger partial charge on any atom is 0.276 e. The van der Waals surface area contributed by atoms with Crippen molar-refractivity contribution in [3.63, 3.8) is 0 Å². The number of nitrogens with zero attached hydrogens (tertiary/aromatic N) is 1. The second-order valence-corrected chi connectivity index (χ2v) is 5.29. The third-order valence-electron chi connectivity index (χ3n) is 2.90. The van der Waals surface area contributed by atoms with Gasteiger partial charge in [0.05, 0.1) is 6.54 Å². The van der Waals surface area contributed by atoms with Crippen molar-refractivity contribution in [3.8, 4) is 5.75 Å². The number of nitrogens with one attached hydrogen (secondary N) is 3. The van der Waals surface area contributed by atoms with Crippen LogP contribution in [-0.4, -0.2) is 35.9 Å². The average molecular weight is 381 g/mol. The highest BCUT2D eigenvalue weighted by Gasteiger charge is 2.11. The van der Waals surface area contributed by atoms with E-state index in [0.717, 1.165) is 0 Å². The molecule has 1 aromatic heterocycles. The Bertz CT molecular complexity index is 818. The zero-order chi connectivity index (χ0) is 18.9. The molecule has 0 saturated heterocycles. The van der Waals surface area contributed by atoms with Gasteiger partial charge in [0.25, 0.3) is 17.7 Å². The molecule has 3 N–H and O–H groups in total. The van der Waals surface area contributed by atoms with Crippen LogP contribution in [-0.2, 0) is 9.59 Å². The molecule has 1 heterocycles. The predicted octanol–water partition coefficient (Wildman–Crippen LogP) is 0.830. The highest BCUT2D eigenvalue weighted by atomic mass is 35.5. The first-order chi connectivity index (χ1) is 12.5. The summed E-state index contributed by atoms with van der Waals surface area (Å²) in [4.78, 5) is 38.7. The molecular weight excluding hydrogens is 367 g/mol. The lowest BCUT2D eigenvalue weighted by atomic mass is 10.3. The molecule has 0 aliphatic rings. The Morgan fingerprint density at radius 3 is 2.58 bits per heavy atom. The van der Waals surface area contributed by atoms with Gasteiger partial charge in [0.1, 0.15) is 5.69 Å². The number of halogens is 2. The topological polar surface area (TPSA) is 109 Å². The van der Waals surface area contributed by atoms with Gasteiger partial charge in [0.2, 0.25) is 0 Å². The second-order valence-electron chi connectivity index (χ2n) is 4.86. The summed E-state index contributed by atoms with van der Waals surface area (Å²) in [5.41, 5.74) is 4.20. The van der Waals surface area contributed by atoms with Gasteiger partial charge in [-0.3, -0.25) is 30.2 Å². The van der Waals surface area contributed by atoms with Crippen molar-refractivity contribution in [2.75, 3.05) is 13.2 Å². The Balaban J connectivity index is 1.69. The first kappa shape index (κ1) is 19.1. The molecule has 0 atom stereocenters. The van der Waals surface area contributed by atoms with Gasteiger partial charge in [-0.15, -0.1) is 0 Å². The van der Waals surface area contributed by atoms with Gasteiger partial charge in [0, 0.05) is 11.2 Å². The van der Waals surface area contributed by atoms with Crippen LogP contribution in [0.15, 0.2) is 42.6 Å². The van der Waals surface area contributed by atoms with E-state index in [0.29, 0.717) is 5.02 Å². The van der Waals surface area contributed by atoms with Crippen LogP contribution >= 0.6 is 11.6 Å². The summed E-state index contributed by atoms with van der Waals surface area (Å²) < 4.78 is 18.3. The Kier molecular flexibility index (Phi) is 6.86. The highest BCUT2D eigenvalue weighted by molar-refractivity contribution is 6.30. The number of amides is 3. The molecule has 8 nitrogen and oxygen atoms in total. The molecule has 0 spiro atoms. The standard InChI is InChI=1S/C16H14ClFN4O4/c17-10-5-6-19-12(7-10)16(25)20-8-14(23)21-22-15(24)9-26-13-4-2-1-3-11(13)18/h1-7H,8-9H2,(H,20,25)(H,21,23)(H,22,24). The zero-order valence-electron chi connectivity index (χ0n) is 13.3. The lowest BCUT2D eigenvalue weighted by molar-refractivity contribution is -0.129. The van der Waals surface area contributed by atoms with E-state index in [2.05, 4.69) is 21.2 Å². The SMILES string of the molecule is O=C(CNC(=O)c1cc(Cl)ccn1)NNC(=O)COc1ccccc1F. The number of carbonyl (C=O) groups is 3. The number of pyridine rings is 1. The molecule has 26 heavy (non-hydrogen) atoms. The summed E-state index contributed by atoms with van der Waals surface area (Å²) in [5.74, 6) is -2.68. The van der Waals surface area contributed by atoms with Crippen LogP contribution in [0.25, 0.3) is 0 Å². The van der Waals surface area contributed by atoms with Crippen LogP contribution in [0.4, 0.5) is 4.39 Å². The molecule has 2 rings (SSSR count). The average Bonchev–Trinajstić information content (AvgIpc) is 2.63. The quantitative estimate of drug-likeness (QED) is 0.643. The fraction of sp³-hybridized carbons (Fsp3) is 0.125. The summed E-state index contributed by atoms with van der Waals surface area (Å²) in [5, 5.41) is 2.64. The Labute approximate surface area is 152 Å². The molecule has 3 amide bonds. The second kappa shape index (κ2) is 9.33. The smallest absolute Gasteiger partial charge is 0.276 e. The maximum atomic E-state index is 13.3. The highest BCUT2D eigenvalue weighted by Crippen LogP contribution is 2.14. The van der Waals surface area contributed by atoms with Crippen LogP contribution in [0.1, 0.15) is 10.5 Å². The molecule has 10 heteroatoms. The fourth-order valence-electron chi connectivity index (χ4n) is 1.70. The van der Waals surface area contributed by atoms with Crippen LogP contribution in [0, 0.1) is 5.82 Å². The lowest BCUT2D eigenvalue weighted by Crippen LogP contribution is -2.47. The largest absolute Gasteiger partial charge is 0.481 e. The van der Waals surface area contributed by atoms with Crippen molar-refractivity contribution in [1.29, 1.82) is 0 Å². The third kappa shape index (κ3) is 6.02. The molecule has 0 aliphatic carbocycles. The molecule has 136 valence electrons. The molecule has 0 fully saturated rings. The number of ether oxygens (including phenoxy) is 1. The summed E-state index contributed by atoms with van der Waals surface area (Å²) >= 11 is 5.74. The zero-order valence-corrected chi connectivity index (χ0v) is 14.0. The van der Waals surface area contributed by atoms with E-state index >= 15 is 0 Å². The van der Waals surface area contributed by atoms with Gasteiger partial charge in [0.15, 0.2) is 18.2 Å². The number of hydrogen-bond acceptors (Lipinski definition) is 5. The normalized spacial score (nSPS) is 9.92. The van der Waals surface area contributed by atoms with Crippen LogP contribution in [0.5, 0.6) is 5.75 Å². The minimum absolute atomic E-state index is 0.0487. The molecule has 0 aliphatic heterocycles. The first-order valence-corrected chi connectivity index (χ1v) is 7.68. The first-order valence-electron chi connectivity index (χ1n) is 7.30. The number of rotatable bonds is 6. The van der Waals surface area contributed by atoms with Crippen LogP contribution in [0.2, 0.25) is 5.02 Å². The van der Waals surface area contributed by atoms with Crippen molar-refractivity contribution in [2.24, 2.45) is 0 Å². The van der Waals surface area contributed by atoms with Gasteiger partial charge in [-0.2, -0.15) is 0 Å². The van der Waals surface area contributed by atoms with Gasteiger partial charge in [-0.05, 0) is 24.3 Å². The number of hydrogen-bond donors (Lipinski definition) is 3. The minimum Gasteiger partial charge on any atom is -0.481 e. The minimum atomic E-state index is -0.704. The van der Waals surface area contributed by atoms with E-state index in [1.165, 1.54) is 36.5 Å². The maximum absolute atomic E-state index is 13.3. The molecular formula is C16H14ClFN4O4. The molecule has 0 unspecified atom stereocenters. The van der Waals surface area contributed by atoms with E-state index in [9.17, 15) is 18.8 Å². The molecule has 0 bridgehead atoms. The van der Waals surface area contributed by atoms with Crippen molar-refractivity contribution in [3.05, 3.63) is 59.1 Å². The van der Waals surface area contributed by atoms with Crippen molar-refractivity contribution in [1.82, 2.24) is 21.2 Å². The van der Waals surface area contributed by atoms with Crippen molar-refractivity contribution >= 4 is 29.3 Å². The number of hydrazine groups is 1. The lowest BCUT2D eigenvalue weighted by Gasteiger charge is -2.09. The van der Waals surface area contributed by atoms with Gasteiger partial charge in [-0.25, -0.2) is 4.39 Å².